The Morgan fingerprint density at radius 1 is 1.09 bits per heavy atom. The number of nitrogens with one attached hydrogen (secondary N) is 2. The van der Waals surface area contributed by atoms with Gasteiger partial charge in [0.05, 0.1) is 24.2 Å². The molecule has 0 radical (unpaired) electrons. The van der Waals surface area contributed by atoms with Gasteiger partial charge >= 0.3 is 5.97 Å². The maximum atomic E-state index is 12.6. The molecule has 0 fully saturated rings. The number of ether oxygens (including phenoxy) is 1. The monoisotopic (exact) mass is 462 g/mol. The predicted octanol–water partition coefficient (Wildman–Crippen LogP) is 4.27. The smallest absolute Gasteiger partial charge is 0.341 e. The second-order valence-electron chi connectivity index (χ2n) is 8.00. The molecule has 0 aliphatic rings. The average Bonchev–Trinajstić information content (AvgIpc) is 3.23. The quantitative estimate of drug-likeness (QED) is 0.462. The molecule has 2 aromatic carbocycles. The van der Waals surface area contributed by atoms with Crippen molar-refractivity contribution in [1.29, 1.82) is 0 Å². The molecule has 34 heavy (non-hydrogen) atoms. The van der Waals surface area contributed by atoms with E-state index in [-0.39, 0.29) is 17.7 Å². The Kier molecular flexibility index (Phi) is 8.19. The summed E-state index contributed by atoms with van der Waals surface area (Å²) in [5.74, 6) is -0.713. The lowest BCUT2D eigenvalue weighted by atomic mass is 10.1. The van der Waals surface area contributed by atoms with E-state index < -0.39 is 5.97 Å². The van der Waals surface area contributed by atoms with Gasteiger partial charge in [0.1, 0.15) is 5.56 Å². The van der Waals surface area contributed by atoms with Crippen molar-refractivity contribution >= 4 is 23.5 Å². The van der Waals surface area contributed by atoms with Crippen LogP contribution in [0.3, 0.4) is 0 Å². The molecule has 0 bridgehead atoms. The number of amides is 2. The van der Waals surface area contributed by atoms with Crippen molar-refractivity contribution in [2.75, 3.05) is 11.9 Å². The lowest BCUT2D eigenvalue weighted by Crippen LogP contribution is -2.23. The van der Waals surface area contributed by atoms with Crippen molar-refractivity contribution in [1.82, 2.24) is 15.1 Å². The number of carbonyl (C=O) groups is 3. The summed E-state index contributed by atoms with van der Waals surface area (Å²) in [5.41, 5.74) is 3.89. The molecule has 0 saturated carbocycles. The van der Waals surface area contributed by atoms with Gasteiger partial charge < -0.3 is 15.4 Å². The van der Waals surface area contributed by atoms with E-state index in [1.165, 1.54) is 6.20 Å². The fourth-order valence-electron chi connectivity index (χ4n) is 3.33. The molecule has 1 heterocycles. The van der Waals surface area contributed by atoms with E-state index in [0.29, 0.717) is 35.7 Å². The molecule has 3 rings (SSSR count). The number of nitrogens with zero attached hydrogens (tertiary/aromatic N) is 2. The van der Waals surface area contributed by atoms with E-state index >= 15 is 0 Å². The van der Waals surface area contributed by atoms with Crippen molar-refractivity contribution in [3.63, 3.8) is 0 Å². The van der Waals surface area contributed by atoms with Crippen LogP contribution in [0.4, 0.5) is 5.69 Å². The molecule has 1 aromatic heterocycles. The molecule has 2 N–H and O–H groups in total. The third-order valence-electron chi connectivity index (χ3n) is 5.59. The molecule has 0 aliphatic carbocycles. The zero-order chi connectivity index (χ0) is 24.7. The number of hydrogen-bond acceptors (Lipinski definition) is 5. The largest absolute Gasteiger partial charge is 0.462 e. The van der Waals surface area contributed by atoms with Crippen LogP contribution in [0.25, 0.3) is 5.69 Å². The first-order valence-electron chi connectivity index (χ1n) is 11.3. The fourth-order valence-corrected chi connectivity index (χ4v) is 3.33. The third kappa shape index (κ3) is 5.89. The van der Waals surface area contributed by atoms with E-state index in [9.17, 15) is 14.4 Å². The first kappa shape index (κ1) is 24.7. The van der Waals surface area contributed by atoms with E-state index in [1.807, 2.05) is 38.1 Å². The maximum absolute atomic E-state index is 12.6. The molecule has 0 saturated heterocycles. The summed E-state index contributed by atoms with van der Waals surface area (Å²) in [6, 6.07) is 14.4. The van der Waals surface area contributed by atoms with Crippen LogP contribution in [-0.4, -0.2) is 34.2 Å². The molecule has 2 amide bonds. The summed E-state index contributed by atoms with van der Waals surface area (Å²) in [6.07, 6.45) is 2.25. The van der Waals surface area contributed by atoms with Crippen molar-refractivity contribution in [3.05, 3.63) is 77.1 Å². The van der Waals surface area contributed by atoms with Gasteiger partial charge in [0.25, 0.3) is 5.91 Å². The fraction of sp³-hybridized carbons (Fsp3) is 0.308. The highest BCUT2D eigenvalue weighted by atomic mass is 16.5. The highest BCUT2D eigenvalue weighted by Gasteiger charge is 2.16. The molecule has 8 heteroatoms. The van der Waals surface area contributed by atoms with Gasteiger partial charge in [-0.1, -0.05) is 26.0 Å². The van der Waals surface area contributed by atoms with Crippen LogP contribution in [0, 0.1) is 12.8 Å². The van der Waals surface area contributed by atoms with Gasteiger partial charge in [-0.15, -0.1) is 0 Å². The topological polar surface area (TPSA) is 102 Å². The highest BCUT2D eigenvalue weighted by Crippen LogP contribution is 2.17. The van der Waals surface area contributed by atoms with Crippen LogP contribution in [0.1, 0.15) is 59.2 Å². The Morgan fingerprint density at radius 3 is 2.50 bits per heavy atom. The number of carbonyl (C=O) groups excluding carboxylic acids is 3. The van der Waals surface area contributed by atoms with Gasteiger partial charge in [-0.3, -0.25) is 9.59 Å². The van der Waals surface area contributed by atoms with Gasteiger partial charge in [-0.2, -0.15) is 5.10 Å². The number of anilines is 1. The lowest BCUT2D eigenvalue weighted by Gasteiger charge is -2.12. The summed E-state index contributed by atoms with van der Waals surface area (Å²) < 4.78 is 6.68. The predicted molar refractivity (Wildman–Crippen MR) is 130 cm³/mol. The van der Waals surface area contributed by atoms with Crippen LogP contribution in [-0.2, 0) is 16.1 Å². The van der Waals surface area contributed by atoms with Crippen molar-refractivity contribution in [2.24, 2.45) is 5.92 Å². The summed E-state index contributed by atoms with van der Waals surface area (Å²) in [5, 5.41) is 10.1. The van der Waals surface area contributed by atoms with Crippen molar-refractivity contribution in [2.45, 2.75) is 40.7 Å². The zero-order valence-corrected chi connectivity index (χ0v) is 19.9. The van der Waals surface area contributed by atoms with E-state index in [0.717, 1.165) is 17.7 Å². The Balaban J connectivity index is 1.62. The molecular weight excluding hydrogens is 432 g/mol. The van der Waals surface area contributed by atoms with Crippen LogP contribution < -0.4 is 10.6 Å². The Labute approximate surface area is 199 Å². The molecule has 3 aromatic rings. The molecule has 0 spiro atoms. The van der Waals surface area contributed by atoms with Crippen LogP contribution in [0.15, 0.2) is 54.7 Å². The summed E-state index contributed by atoms with van der Waals surface area (Å²) >= 11 is 0. The van der Waals surface area contributed by atoms with Gasteiger partial charge in [0, 0.05) is 23.7 Å². The number of aromatic nitrogens is 2. The number of rotatable bonds is 9. The number of benzene rings is 2. The molecule has 1 unspecified atom stereocenters. The SMILES string of the molecule is CCOC(=O)c1cnn(-c2ccc(C(=O)NCc3cccc(NC(=O)C(C)CC)c3)cc2)c1C. The number of hydrogen-bond donors (Lipinski definition) is 2. The van der Waals surface area contributed by atoms with Gasteiger partial charge in [0.2, 0.25) is 5.91 Å². The minimum Gasteiger partial charge on any atom is -0.462 e. The molecule has 0 aliphatic heterocycles. The van der Waals surface area contributed by atoms with Crippen LogP contribution in [0.5, 0.6) is 0 Å². The third-order valence-corrected chi connectivity index (χ3v) is 5.59. The van der Waals surface area contributed by atoms with Crippen LogP contribution >= 0.6 is 0 Å². The van der Waals surface area contributed by atoms with Crippen LogP contribution in [0.2, 0.25) is 0 Å². The van der Waals surface area contributed by atoms with E-state index in [2.05, 4.69) is 15.7 Å². The Morgan fingerprint density at radius 2 is 1.82 bits per heavy atom. The lowest BCUT2D eigenvalue weighted by molar-refractivity contribution is -0.119. The molecule has 1 atom stereocenters. The average molecular weight is 463 g/mol. The first-order valence-corrected chi connectivity index (χ1v) is 11.3. The summed E-state index contributed by atoms with van der Waals surface area (Å²) in [7, 11) is 0. The second-order valence-corrected chi connectivity index (χ2v) is 8.00. The van der Waals surface area contributed by atoms with Crippen molar-refractivity contribution < 1.29 is 19.1 Å². The normalized spacial score (nSPS) is 11.5. The van der Waals surface area contributed by atoms with Gasteiger partial charge in [0.15, 0.2) is 0 Å². The standard InChI is InChI=1S/C26H30N4O4/c1-5-17(3)24(31)29-21-9-7-8-19(14-21)15-27-25(32)20-10-12-22(13-11-20)30-18(4)23(16-28-30)26(33)34-6-2/h7-14,16-17H,5-6,15H2,1-4H3,(H,27,32)(H,29,31). The Bertz CT molecular complexity index is 1170. The minimum atomic E-state index is -0.411. The van der Waals surface area contributed by atoms with E-state index in [1.54, 1.807) is 42.8 Å². The summed E-state index contributed by atoms with van der Waals surface area (Å²) in [6.45, 7) is 8.03. The van der Waals surface area contributed by atoms with Crippen molar-refractivity contribution in [3.8, 4) is 5.69 Å². The molecular formula is C26H30N4O4. The first-order chi connectivity index (χ1) is 16.3. The second kappa shape index (κ2) is 11.3. The highest BCUT2D eigenvalue weighted by molar-refractivity contribution is 5.94. The maximum Gasteiger partial charge on any atom is 0.341 e. The summed E-state index contributed by atoms with van der Waals surface area (Å²) in [4.78, 5) is 36.7. The Hall–Kier alpha value is -3.94. The molecule has 8 nitrogen and oxygen atoms in total. The zero-order valence-electron chi connectivity index (χ0n) is 19.9. The minimum absolute atomic E-state index is 0.0226. The van der Waals surface area contributed by atoms with Gasteiger partial charge in [-0.05, 0) is 62.2 Å². The van der Waals surface area contributed by atoms with Gasteiger partial charge in [-0.25, -0.2) is 9.48 Å². The molecule has 178 valence electrons. The number of esters is 1. The van der Waals surface area contributed by atoms with E-state index in [4.69, 9.17) is 4.74 Å².